The van der Waals surface area contributed by atoms with E-state index in [9.17, 15) is 8.42 Å². The monoisotopic (exact) mass is 202 g/mol. The lowest BCUT2D eigenvalue weighted by Crippen LogP contribution is -2.05. The quantitative estimate of drug-likeness (QED) is 0.642. The maximum atomic E-state index is 11.4. The van der Waals surface area contributed by atoms with E-state index in [1.165, 1.54) is 0 Å². The first-order valence-electron chi connectivity index (χ1n) is 4.75. The summed E-state index contributed by atoms with van der Waals surface area (Å²) in [6.07, 6.45) is 0. The molecule has 0 N–H and O–H groups in total. The highest BCUT2D eigenvalue weighted by atomic mass is 32.2. The van der Waals surface area contributed by atoms with Gasteiger partial charge in [0.05, 0.1) is 11.5 Å². The van der Waals surface area contributed by atoms with Crippen molar-refractivity contribution in [1.82, 2.24) is 0 Å². The van der Waals surface area contributed by atoms with E-state index in [2.05, 4.69) is 27.7 Å². The minimum absolute atomic E-state index is 0.290. The lowest BCUT2D eigenvalue weighted by atomic mass is 9.93. The van der Waals surface area contributed by atoms with Crippen LogP contribution in [0.2, 0.25) is 0 Å². The van der Waals surface area contributed by atoms with Crippen LogP contribution >= 0.6 is 0 Å². The van der Waals surface area contributed by atoms with E-state index >= 15 is 0 Å². The molecule has 1 aliphatic rings. The summed E-state index contributed by atoms with van der Waals surface area (Å²) >= 11 is 0. The molecule has 2 nitrogen and oxygen atoms in total. The van der Waals surface area contributed by atoms with Crippen molar-refractivity contribution in [1.29, 1.82) is 0 Å². The molecule has 1 rings (SSSR count). The molecule has 0 spiro atoms. The molecule has 3 heteroatoms. The molecular weight excluding hydrogens is 184 g/mol. The van der Waals surface area contributed by atoms with Gasteiger partial charge in [-0.3, -0.25) is 0 Å². The van der Waals surface area contributed by atoms with Crippen molar-refractivity contribution < 1.29 is 8.42 Å². The van der Waals surface area contributed by atoms with Crippen LogP contribution < -0.4 is 0 Å². The molecule has 0 aliphatic carbocycles. The highest BCUT2D eigenvalue weighted by molar-refractivity contribution is 7.92. The Balaban J connectivity index is 3.04. The second-order valence-electron chi connectivity index (χ2n) is 4.39. The van der Waals surface area contributed by atoms with Crippen LogP contribution in [-0.2, 0) is 9.84 Å². The molecule has 1 heterocycles. The first-order valence-corrected chi connectivity index (χ1v) is 6.58. The Morgan fingerprint density at radius 1 is 0.923 bits per heavy atom. The third kappa shape index (κ3) is 2.33. The van der Waals surface area contributed by atoms with Gasteiger partial charge >= 0.3 is 0 Å². The van der Waals surface area contributed by atoms with Gasteiger partial charge in [0.2, 0.25) is 0 Å². The van der Waals surface area contributed by atoms with Crippen LogP contribution in [0.3, 0.4) is 0 Å². The van der Waals surface area contributed by atoms with Crippen LogP contribution in [0, 0.1) is 11.8 Å². The summed E-state index contributed by atoms with van der Waals surface area (Å²) in [5, 5.41) is 0. The normalized spacial score (nSPS) is 22.0. The van der Waals surface area contributed by atoms with Gasteiger partial charge in [0.1, 0.15) is 0 Å². The van der Waals surface area contributed by atoms with Gasteiger partial charge in [0.25, 0.3) is 0 Å². The van der Waals surface area contributed by atoms with E-state index in [-0.39, 0.29) is 11.5 Å². The molecule has 0 saturated heterocycles. The lowest BCUT2D eigenvalue weighted by molar-refractivity contribution is 0.600. The number of sulfone groups is 1. The molecule has 0 bridgehead atoms. The first kappa shape index (κ1) is 10.8. The standard InChI is InChI=1S/C10H18O2S/c1-7(2)9-5-13(11,12)6-10(9)8(3)4/h7-8H,5-6H2,1-4H3. The fourth-order valence-corrected chi connectivity index (χ4v) is 3.87. The second kappa shape index (κ2) is 3.45. The summed E-state index contributed by atoms with van der Waals surface area (Å²) in [6.45, 7) is 8.27. The van der Waals surface area contributed by atoms with Crippen molar-refractivity contribution in [2.75, 3.05) is 11.5 Å². The Bertz CT molecular complexity index is 295. The van der Waals surface area contributed by atoms with Gasteiger partial charge in [-0.2, -0.15) is 0 Å². The maximum absolute atomic E-state index is 11.4. The molecule has 0 fully saturated rings. The zero-order chi connectivity index (χ0) is 10.2. The Morgan fingerprint density at radius 3 is 1.46 bits per heavy atom. The second-order valence-corrected chi connectivity index (χ2v) is 6.46. The molecule has 0 atom stereocenters. The summed E-state index contributed by atoms with van der Waals surface area (Å²) < 4.78 is 22.8. The molecule has 0 aromatic carbocycles. The Morgan fingerprint density at radius 2 is 1.23 bits per heavy atom. The van der Waals surface area contributed by atoms with Crippen LogP contribution in [0.4, 0.5) is 0 Å². The molecule has 1 aliphatic heterocycles. The van der Waals surface area contributed by atoms with Crippen molar-refractivity contribution in [3.63, 3.8) is 0 Å². The van der Waals surface area contributed by atoms with E-state index in [0.29, 0.717) is 11.8 Å². The largest absolute Gasteiger partial charge is 0.228 e. The Hall–Kier alpha value is -0.310. The molecular formula is C10H18O2S. The molecule has 0 radical (unpaired) electrons. The van der Waals surface area contributed by atoms with Gasteiger partial charge < -0.3 is 0 Å². The van der Waals surface area contributed by atoms with Gasteiger partial charge in [-0.15, -0.1) is 0 Å². The third-order valence-corrected chi connectivity index (χ3v) is 4.06. The average molecular weight is 202 g/mol. The van der Waals surface area contributed by atoms with Crippen LogP contribution in [0.15, 0.2) is 11.1 Å². The van der Waals surface area contributed by atoms with Crippen molar-refractivity contribution in [2.45, 2.75) is 27.7 Å². The highest BCUT2D eigenvalue weighted by Crippen LogP contribution is 2.30. The third-order valence-electron chi connectivity index (χ3n) is 2.56. The summed E-state index contributed by atoms with van der Waals surface area (Å²) in [6, 6.07) is 0. The van der Waals surface area contributed by atoms with Gasteiger partial charge in [-0.05, 0) is 11.8 Å². The number of hydrogen-bond donors (Lipinski definition) is 0. The van der Waals surface area contributed by atoms with Gasteiger partial charge in [0, 0.05) is 0 Å². The molecule has 0 aromatic rings. The zero-order valence-corrected chi connectivity index (χ0v) is 9.61. The predicted octanol–water partition coefficient (Wildman–Crippen LogP) is 2.02. The summed E-state index contributed by atoms with van der Waals surface area (Å²) in [7, 11) is -2.81. The van der Waals surface area contributed by atoms with Crippen molar-refractivity contribution >= 4 is 9.84 Å². The summed E-state index contributed by atoms with van der Waals surface area (Å²) in [4.78, 5) is 0. The van der Waals surface area contributed by atoms with Crippen LogP contribution in [0.5, 0.6) is 0 Å². The van der Waals surface area contributed by atoms with Crippen molar-refractivity contribution in [3.05, 3.63) is 11.1 Å². The molecule has 0 amide bonds. The zero-order valence-electron chi connectivity index (χ0n) is 8.79. The fourth-order valence-electron chi connectivity index (χ4n) is 1.79. The average Bonchev–Trinajstić information content (AvgIpc) is 2.26. The van der Waals surface area contributed by atoms with E-state index in [0.717, 1.165) is 11.1 Å². The Kier molecular flexibility index (Phi) is 2.85. The topological polar surface area (TPSA) is 34.1 Å². The number of hydrogen-bond acceptors (Lipinski definition) is 2. The lowest BCUT2D eigenvalue weighted by Gasteiger charge is -2.11. The molecule has 0 saturated carbocycles. The van der Waals surface area contributed by atoms with E-state index in [1.54, 1.807) is 0 Å². The molecule has 13 heavy (non-hydrogen) atoms. The highest BCUT2D eigenvalue weighted by Gasteiger charge is 2.29. The maximum Gasteiger partial charge on any atom is 0.157 e. The van der Waals surface area contributed by atoms with Crippen molar-refractivity contribution in [2.24, 2.45) is 11.8 Å². The Labute approximate surface area is 81.0 Å². The van der Waals surface area contributed by atoms with Crippen molar-refractivity contribution in [3.8, 4) is 0 Å². The van der Waals surface area contributed by atoms with Crippen LogP contribution in [0.1, 0.15) is 27.7 Å². The molecule has 76 valence electrons. The fraction of sp³-hybridized carbons (Fsp3) is 0.800. The first-order chi connectivity index (χ1) is 5.83. The minimum Gasteiger partial charge on any atom is -0.228 e. The van der Waals surface area contributed by atoms with E-state index in [1.807, 2.05) is 0 Å². The van der Waals surface area contributed by atoms with Gasteiger partial charge in [-0.1, -0.05) is 38.8 Å². The minimum atomic E-state index is -2.81. The van der Waals surface area contributed by atoms with Crippen LogP contribution in [0.25, 0.3) is 0 Å². The van der Waals surface area contributed by atoms with E-state index in [4.69, 9.17) is 0 Å². The molecule has 0 unspecified atom stereocenters. The summed E-state index contributed by atoms with van der Waals surface area (Å²) in [5.74, 6) is 1.32. The SMILES string of the molecule is CC(C)C1=C(C(C)C)CS(=O)(=O)C1. The van der Waals surface area contributed by atoms with Crippen LogP contribution in [-0.4, -0.2) is 19.9 Å². The number of rotatable bonds is 2. The predicted molar refractivity (Wildman–Crippen MR) is 55.4 cm³/mol. The smallest absolute Gasteiger partial charge is 0.157 e. The van der Waals surface area contributed by atoms with E-state index < -0.39 is 9.84 Å². The summed E-state index contributed by atoms with van der Waals surface area (Å²) in [5.41, 5.74) is 2.30. The molecule has 0 aromatic heterocycles. The van der Waals surface area contributed by atoms with Gasteiger partial charge in [0.15, 0.2) is 9.84 Å². The van der Waals surface area contributed by atoms with Gasteiger partial charge in [-0.25, -0.2) is 8.42 Å².